The van der Waals surface area contributed by atoms with Gasteiger partial charge in [0.2, 0.25) is 5.90 Å². The molecule has 7 heteroatoms. The first-order chi connectivity index (χ1) is 9.65. The number of aliphatic imine (C=N–C) groups is 1. The van der Waals surface area contributed by atoms with Crippen LogP contribution in [0.25, 0.3) is 0 Å². The van der Waals surface area contributed by atoms with E-state index in [1.165, 1.54) is 12.1 Å². The minimum absolute atomic E-state index is 0.0765. The second-order valence-corrected chi connectivity index (χ2v) is 4.35. The zero-order chi connectivity index (χ0) is 14.5. The molecule has 1 N–H and O–H groups in total. The average Bonchev–Trinajstić information content (AvgIpc) is 2.88. The minimum atomic E-state index is -0.410. The lowest BCUT2D eigenvalue weighted by Crippen LogP contribution is -2.28. The summed E-state index contributed by atoms with van der Waals surface area (Å²) in [5, 5.41) is 15.6. The number of non-ortho nitro benzene ring substituents is 1. The maximum atomic E-state index is 10.7. The van der Waals surface area contributed by atoms with Crippen LogP contribution in [-0.2, 0) is 4.84 Å². The lowest BCUT2D eigenvalue weighted by molar-refractivity contribution is -0.384. The molecule has 0 unspecified atom stereocenters. The summed E-state index contributed by atoms with van der Waals surface area (Å²) in [5.41, 5.74) is 0.955. The van der Waals surface area contributed by atoms with Crippen LogP contribution in [0.5, 0.6) is 0 Å². The Morgan fingerprint density at radius 1 is 1.40 bits per heavy atom. The molecule has 0 aromatic heterocycles. The summed E-state index contributed by atoms with van der Waals surface area (Å²) >= 11 is 0. The fraction of sp³-hybridized carbons (Fsp3) is 0.462. The van der Waals surface area contributed by atoms with Crippen LogP contribution in [0.15, 0.2) is 29.3 Å². The van der Waals surface area contributed by atoms with Crippen LogP contribution < -0.4 is 5.32 Å². The molecule has 0 saturated heterocycles. The maximum Gasteiger partial charge on any atom is 0.269 e. The third-order valence-electron chi connectivity index (χ3n) is 3.00. The molecule has 1 aliphatic rings. The molecule has 7 nitrogen and oxygen atoms in total. The van der Waals surface area contributed by atoms with Crippen molar-refractivity contribution in [1.29, 1.82) is 0 Å². The van der Waals surface area contributed by atoms with E-state index in [1.54, 1.807) is 17.2 Å². The first-order valence-electron chi connectivity index (χ1n) is 6.62. The number of hydrogen-bond donors (Lipinski definition) is 1. The van der Waals surface area contributed by atoms with Crippen LogP contribution in [-0.4, -0.2) is 35.5 Å². The SMILES string of the molecule is CCNCC1=N[C@H](c2ccc([N+](=O)[O-])cc2)N(CC)O1. The van der Waals surface area contributed by atoms with Crippen molar-refractivity contribution >= 4 is 11.6 Å². The van der Waals surface area contributed by atoms with Crippen molar-refractivity contribution in [2.75, 3.05) is 19.6 Å². The molecule has 1 atom stereocenters. The Kier molecular flexibility index (Phi) is 4.65. The Balaban J connectivity index is 2.16. The number of hydroxylamine groups is 2. The van der Waals surface area contributed by atoms with E-state index < -0.39 is 4.92 Å². The molecule has 1 aromatic carbocycles. The maximum absolute atomic E-state index is 10.7. The molecule has 2 rings (SSSR count). The van der Waals surface area contributed by atoms with Crippen LogP contribution in [0.2, 0.25) is 0 Å². The highest BCUT2D eigenvalue weighted by Gasteiger charge is 2.28. The van der Waals surface area contributed by atoms with Gasteiger partial charge >= 0.3 is 0 Å². The number of nitro benzene ring substituents is 1. The van der Waals surface area contributed by atoms with Gasteiger partial charge in [-0.1, -0.05) is 6.92 Å². The standard InChI is InChI=1S/C13H18N4O3/c1-3-14-9-12-15-13(16(4-2)20-12)10-5-7-11(8-6-10)17(18)19/h5-8,13-14H,3-4,9H2,1-2H3/t13-/m0/s1. The van der Waals surface area contributed by atoms with Gasteiger partial charge in [0, 0.05) is 18.7 Å². The fourth-order valence-electron chi connectivity index (χ4n) is 1.97. The molecular formula is C13H18N4O3. The summed E-state index contributed by atoms with van der Waals surface area (Å²) < 4.78 is 0. The van der Waals surface area contributed by atoms with Crippen molar-refractivity contribution in [3.8, 4) is 0 Å². The first-order valence-corrected chi connectivity index (χ1v) is 6.62. The first kappa shape index (κ1) is 14.4. The molecule has 1 aliphatic heterocycles. The fourth-order valence-corrected chi connectivity index (χ4v) is 1.97. The largest absolute Gasteiger partial charge is 0.387 e. The van der Waals surface area contributed by atoms with Gasteiger partial charge < -0.3 is 10.2 Å². The summed E-state index contributed by atoms with van der Waals surface area (Å²) in [6.07, 6.45) is -0.241. The molecule has 0 bridgehead atoms. The average molecular weight is 278 g/mol. The molecule has 0 spiro atoms. The Hall–Kier alpha value is -1.99. The number of nitrogens with one attached hydrogen (secondary N) is 1. The highest BCUT2D eigenvalue weighted by Crippen LogP contribution is 2.28. The van der Waals surface area contributed by atoms with Gasteiger partial charge in [0.25, 0.3) is 5.69 Å². The zero-order valence-corrected chi connectivity index (χ0v) is 11.6. The molecule has 0 radical (unpaired) electrons. The number of likely N-dealkylation sites (N-methyl/N-ethyl adjacent to an activating group) is 1. The van der Waals surface area contributed by atoms with Crippen LogP contribution >= 0.6 is 0 Å². The molecule has 0 saturated carbocycles. The highest BCUT2D eigenvalue weighted by molar-refractivity contribution is 5.79. The highest BCUT2D eigenvalue weighted by atomic mass is 16.7. The topological polar surface area (TPSA) is 80.0 Å². The second kappa shape index (κ2) is 6.44. The summed E-state index contributed by atoms with van der Waals surface area (Å²) in [6.45, 7) is 6.10. The minimum Gasteiger partial charge on any atom is -0.387 e. The van der Waals surface area contributed by atoms with Crippen LogP contribution in [0.3, 0.4) is 0 Å². The lowest BCUT2D eigenvalue weighted by atomic mass is 10.1. The van der Waals surface area contributed by atoms with Crippen molar-refractivity contribution in [2.45, 2.75) is 20.0 Å². The van der Waals surface area contributed by atoms with Crippen LogP contribution in [0.1, 0.15) is 25.6 Å². The number of nitrogens with zero attached hydrogens (tertiary/aromatic N) is 3. The third kappa shape index (κ3) is 3.12. The van der Waals surface area contributed by atoms with Crippen molar-refractivity contribution in [3.05, 3.63) is 39.9 Å². The van der Waals surface area contributed by atoms with E-state index in [1.807, 2.05) is 13.8 Å². The number of nitro groups is 1. The molecular weight excluding hydrogens is 260 g/mol. The van der Waals surface area contributed by atoms with E-state index in [0.717, 1.165) is 12.1 Å². The van der Waals surface area contributed by atoms with Gasteiger partial charge in [-0.25, -0.2) is 4.99 Å². The molecule has 1 aromatic rings. The van der Waals surface area contributed by atoms with Crippen LogP contribution in [0.4, 0.5) is 5.69 Å². The predicted molar refractivity (Wildman–Crippen MR) is 75.3 cm³/mol. The molecule has 0 aliphatic carbocycles. The molecule has 0 amide bonds. The van der Waals surface area contributed by atoms with E-state index in [9.17, 15) is 10.1 Å². The Labute approximate surface area is 117 Å². The van der Waals surface area contributed by atoms with Gasteiger partial charge in [-0.3, -0.25) is 10.1 Å². The summed E-state index contributed by atoms with van der Waals surface area (Å²) in [4.78, 5) is 20.4. The number of rotatable bonds is 6. The van der Waals surface area contributed by atoms with E-state index in [-0.39, 0.29) is 11.9 Å². The van der Waals surface area contributed by atoms with Gasteiger partial charge in [-0.05, 0) is 31.2 Å². The van der Waals surface area contributed by atoms with E-state index >= 15 is 0 Å². The van der Waals surface area contributed by atoms with Crippen molar-refractivity contribution < 1.29 is 9.76 Å². The normalized spacial score (nSPS) is 18.7. The van der Waals surface area contributed by atoms with Crippen molar-refractivity contribution in [2.24, 2.45) is 4.99 Å². The summed E-state index contributed by atoms with van der Waals surface area (Å²) in [7, 11) is 0. The number of benzene rings is 1. The molecule has 108 valence electrons. The van der Waals surface area contributed by atoms with Gasteiger partial charge in [0.15, 0.2) is 6.17 Å². The van der Waals surface area contributed by atoms with E-state index in [2.05, 4.69) is 10.3 Å². The van der Waals surface area contributed by atoms with E-state index in [4.69, 9.17) is 4.84 Å². The van der Waals surface area contributed by atoms with Gasteiger partial charge in [-0.2, -0.15) is 0 Å². The van der Waals surface area contributed by atoms with Gasteiger partial charge in [0.1, 0.15) is 0 Å². The Morgan fingerprint density at radius 2 is 2.10 bits per heavy atom. The second-order valence-electron chi connectivity index (χ2n) is 4.35. The lowest BCUT2D eigenvalue weighted by Gasteiger charge is -2.19. The third-order valence-corrected chi connectivity index (χ3v) is 3.00. The smallest absolute Gasteiger partial charge is 0.269 e. The summed E-state index contributed by atoms with van der Waals surface area (Å²) in [6, 6.07) is 6.41. The van der Waals surface area contributed by atoms with E-state index in [0.29, 0.717) is 19.0 Å². The van der Waals surface area contributed by atoms with Gasteiger partial charge in [0.05, 0.1) is 11.5 Å². The zero-order valence-electron chi connectivity index (χ0n) is 11.6. The molecule has 20 heavy (non-hydrogen) atoms. The van der Waals surface area contributed by atoms with Crippen molar-refractivity contribution in [1.82, 2.24) is 10.4 Å². The monoisotopic (exact) mass is 278 g/mol. The van der Waals surface area contributed by atoms with Crippen molar-refractivity contribution in [3.63, 3.8) is 0 Å². The van der Waals surface area contributed by atoms with Crippen LogP contribution in [0, 0.1) is 10.1 Å². The Morgan fingerprint density at radius 3 is 2.65 bits per heavy atom. The quantitative estimate of drug-likeness (QED) is 0.634. The summed E-state index contributed by atoms with van der Waals surface area (Å²) in [5.74, 6) is 0.636. The van der Waals surface area contributed by atoms with Gasteiger partial charge in [-0.15, -0.1) is 5.06 Å². The Bertz CT molecular complexity index is 501. The molecule has 0 fully saturated rings. The predicted octanol–water partition coefficient (Wildman–Crippen LogP) is 1.87. The number of hydrogen-bond acceptors (Lipinski definition) is 6. The molecule has 1 heterocycles.